The van der Waals surface area contributed by atoms with Gasteiger partial charge in [0.1, 0.15) is 5.82 Å². The van der Waals surface area contributed by atoms with Crippen LogP contribution in [0.15, 0.2) is 66.5 Å². The monoisotopic (exact) mass is 493 g/mol. The summed E-state index contributed by atoms with van der Waals surface area (Å²) >= 11 is 1.51. The summed E-state index contributed by atoms with van der Waals surface area (Å²) in [5.41, 5.74) is 3.19. The maximum atomic E-state index is 13.5. The van der Waals surface area contributed by atoms with Gasteiger partial charge < -0.3 is 10.6 Å². The van der Waals surface area contributed by atoms with Crippen molar-refractivity contribution in [3.63, 3.8) is 0 Å². The molecule has 0 unspecified atom stereocenters. The molecule has 182 valence electrons. The fraction of sp³-hybridized carbons (Fsp3) is 0.231. The molecule has 0 saturated heterocycles. The minimum atomic E-state index is -0.350. The average molecular weight is 494 g/mol. The first-order chi connectivity index (χ1) is 16.9. The summed E-state index contributed by atoms with van der Waals surface area (Å²) in [5, 5.41) is 11.1. The van der Waals surface area contributed by atoms with Crippen molar-refractivity contribution in [1.82, 2.24) is 25.4 Å². The second-order valence-electron chi connectivity index (χ2n) is 7.67. The normalized spacial score (nSPS) is 12.2. The number of benzene rings is 1. The number of halogens is 1. The van der Waals surface area contributed by atoms with E-state index in [-0.39, 0.29) is 23.7 Å². The van der Waals surface area contributed by atoms with Crippen LogP contribution in [-0.2, 0) is 9.59 Å². The lowest BCUT2D eigenvalue weighted by Crippen LogP contribution is -2.32. The maximum Gasteiger partial charge on any atom is 0.252 e. The van der Waals surface area contributed by atoms with E-state index in [0.29, 0.717) is 35.5 Å². The molecule has 1 aromatic carbocycles. The van der Waals surface area contributed by atoms with Gasteiger partial charge in [0.25, 0.3) is 5.91 Å². The van der Waals surface area contributed by atoms with E-state index in [1.807, 2.05) is 18.4 Å². The molecule has 0 radical (unpaired) electrons. The Morgan fingerprint density at radius 1 is 1.26 bits per heavy atom. The van der Waals surface area contributed by atoms with E-state index in [9.17, 15) is 14.0 Å². The van der Waals surface area contributed by atoms with Crippen molar-refractivity contribution >= 4 is 35.2 Å². The molecule has 0 aliphatic rings. The number of thioether (sulfide) groups is 1. The molecular weight excluding hydrogens is 465 g/mol. The van der Waals surface area contributed by atoms with Crippen LogP contribution in [0.2, 0.25) is 0 Å². The van der Waals surface area contributed by atoms with Crippen molar-refractivity contribution in [2.45, 2.75) is 31.3 Å². The van der Waals surface area contributed by atoms with E-state index in [0.717, 1.165) is 10.6 Å². The van der Waals surface area contributed by atoms with Gasteiger partial charge >= 0.3 is 0 Å². The summed E-state index contributed by atoms with van der Waals surface area (Å²) in [6.07, 6.45) is 9.08. The molecule has 2 N–H and O–H groups in total. The van der Waals surface area contributed by atoms with E-state index >= 15 is 0 Å². The lowest BCUT2D eigenvalue weighted by atomic mass is 10.0. The molecule has 1 atom stereocenters. The molecule has 0 fully saturated rings. The number of nitrogens with zero attached hydrogens (tertiary/aromatic N) is 3. The number of rotatable bonds is 10. The highest BCUT2D eigenvalue weighted by Gasteiger charge is 2.22. The molecule has 0 aliphatic carbocycles. The van der Waals surface area contributed by atoms with Gasteiger partial charge in [0.05, 0.1) is 28.6 Å². The van der Waals surface area contributed by atoms with E-state index in [2.05, 4.69) is 27.3 Å². The molecule has 7 nitrogen and oxygen atoms in total. The fourth-order valence-electron chi connectivity index (χ4n) is 3.66. The van der Waals surface area contributed by atoms with Crippen molar-refractivity contribution < 1.29 is 14.0 Å². The van der Waals surface area contributed by atoms with Crippen LogP contribution in [0, 0.1) is 5.82 Å². The quantitative estimate of drug-likeness (QED) is 0.319. The topological polar surface area (TPSA) is 88.9 Å². The molecule has 3 aromatic rings. The fourth-order valence-corrected chi connectivity index (χ4v) is 4.08. The van der Waals surface area contributed by atoms with Crippen LogP contribution in [0.5, 0.6) is 0 Å². The molecular formula is C26H28FN5O2S. The highest BCUT2D eigenvalue weighted by Crippen LogP contribution is 2.26. The lowest BCUT2D eigenvalue weighted by Gasteiger charge is -2.21. The number of carbonyl (C=O) groups excluding carboxylic acids is 2. The third-order valence-corrected chi connectivity index (χ3v) is 6.02. The van der Waals surface area contributed by atoms with Gasteiger partial charge in [-0.2, -0.15) is 5.10 Å². The number of amides is 2. The SMILES string of the molecule is C=Cc1c(/C(=C\C)C(=O)N[C@@H](CCNC(C)=O)c2ccnc(SC)c2)cnn1-c1ccc(F)cc1. The van der Waals surface area contributed by atoms with Gasteiger partial charge in [-0.15, -0.1) is 11.8 Å². The van der Waals surface area contributed by atoms with Crippen LogP contribution < -0.4 is 10.6 Å². The van der Waals surface area contributed by atoms with Crippen LogP contribution in [0.3, 0.4) is 0 Å². The number of aromatic nitrogens is 3. The number of hydrogen-bond donors (Lipinski definition) is 2. The van der Waals surface area contributed by atoms with Gasteiger partial charge in [0, 0.05) is 30.8 Å². The Kier molecular flexibility index (Phi) is 8.97. The first-order valence-corrected chi connectivity index (χ1v) is 12.3. The molecule has 2 heterocycles. The number of pyridine rings is 1. The Morgan fingerprint density at radius 3 is 2.63 bits per heavy atom. The van der Waals surface area contributed by atoms with Crippen molar-refractivity contribution in [2.75, 3.05) is 12.8 Å². The molecule has 9 heteroatoms. The zero-order chi connectivity index (χ0) is 25.4. The summed E-state index contributed by atoms with van der Waals surface area (Å²) in [4.78, 5) is 29.1. The predicted molar refractivity (Wildman–Crippen MR) is 137 cm³/mol. The minimum absolute atomic E-state index is 0.132. The smallest absolute Gasteiger partial charge is 0.252 e. The Hall–Kier alpha value is -3.72. The standard InChI is InChI=1S/C26H28FN5O2S/c1-5-21(22-16-30-32(24(22)6-2)20-9-7-19(27)8-10-20)26(34)31-23(12-14-28-17(3)33)18-11-13-29-25(15-18)35-4/h5-11,13,15-16,23H,2,12,14H2,1,3-4H3,(H,28,33)(H,31,34)/b21-5+/t23-/m0/s1. The summed E-state index contributed by atoms with van der Waals surface area (Å²) in [7, 11) is 0. The predicted octanol–water partition coefficient (Wildman–Crippen LogP) is 4.56. The van der Waals surface area contributed by atoms with Crippen LogP contribution in [0.4, 0.5) is 4.39 Å². The van der Waals surface area contributed by atoms with Crippen LogP contribution in [0.1, 0.15) is 43.1 Å². The largest absolute Gasteiger partial charge is 0.356 e. The van der Waals surface area contributed by atoms with Crippen molar-refractivity contribution in [2.24, 2.45) is 0 Å². The molecule has 3 rings (SSSR count). The van der Waals surface area contributed by atoms with E-state index in [1.165, 1.54) is 30.8 Å². The lowest BCUT2D eigenvalue weighted by molar-refractivity contribution is -0.119. The van der Waals surface area contributed by atoms with Crippen LogP contribution in [0.25, 0.3) is 17.3 Å². The molecule has 2 amide bonds. The first-order valence-electron chi connectivity index (χ1n) is 11.1. The highest BCUT2D eigenvalue weighted by molar-refractivity contribution is 7.98. The second-order valence-corrected chi connectivity index (χ2v) is 8.49. The zero-order valence-corrected chi connectivity index (χ0v) is 20.7. The van der Waals surface area contributed by atoms with E-state index in [4.69, 9.17) is 0 Å². The maximum absolute atomic E-state index is 13.5. The third kappa shape index (κ3) is 6.45. The Morgan fingerprint density at radius 2 is 2.00 bits per heavy atom. The van der Waals surface area contributed by atoms with Crippen molar-refractivity contribution in [3.8, 4) is 5.69 Å². The summed E-state index contributed by atoms with van der Waals surface area (Å²) < 4.78 is 15.0. The minimum Gasteiger partial charge on any atom is -0.356 e. The molecule has 0 aliphatic heterocycles. The zero-order valence-electron chi connectivity index (χ0n) is 19.9. The molecule has 2 aromatic heterocycles. The second kappa shape index (κ2) is 12.1. The van der Waals surface area contributed by atoms with E-state index < -0.39 is 0 Å². The van der Waals surface area contributed by atoms with Crippen molar-refractivity contribution in [3.05, 3.63) is 84.1 Å². The van der Waals surface area contributed by atoms with Crippen LogP contribution >= 0.6 is 11.8 Å². The summed E-state index contributed by atoms with van der Waals surface area (Å²) in [6, 6.07) is 9.36. The Balaban J connectivity index is 1.90. The number of hydrogen-bond acceptors (Lipinski definition) is 5. The van der Waals surface area contributed by atoms with Gasteiger partial charge in [-0.1, -0.05) is 12.7 Å². The molecule has 0 saturated carbocycles. The molecule has 0 bridgehead atoms. The summed E-state index contributed by atoms with van der Waals surface area (Å²) in [6.45, 7) is 7.53. The number of nitrogens with one attached hydrogen (secondary N) is 2. The van der Waals surface area contributed by atoms with Gasteiger partial charge in [0.15, 0.2) is 0 Å². The molecule has 35 heavy (non-hydrogen) atoms. The third-order valence-electron chi connectivity index (χ3n) is 5.38. The number of allylic oxidation sites excluding steroid dienone is 1. The highest BCUT2D eigenvalue weighted by atomic mass is 32.2. The Labute approximate surface area is 208 Å². The van der Waals surface area contributed by atoms with Crippen molar-refractivity contribution in [1.29, 1.82) is 0 Å². The molecule has 0 spiro atoms. The van der Waals surface area contributed by atoms with Gasteiger partial charge in [-0.3, -0.25) is 9.59 Å². The van der Waals surface area contributed by atoms with Crippen LogP contribution in [-0.4, -0.2) is 39.4 Å². The van der Waals surface area contributed by atoms with Gasteiger partial charge in [-0.05, 0) is 67.6 Å². The Bertz CT molecular complexity index is 1240. The van der Waals surface area contributed by atoms with Gasteiger partial charge in [0.2, 0.25) is 5.91 Å². The average Bonchev–Trinajstić information content (AvgIpc) is 3.27. The first kappa shape index (κ1) is 25.9. The van der Waals surface area contributed by atoms with Gasteiger partial charge in [-0.25, -0.2) is 14.1 Å². The van der Waals surface area contributed by atoms with E-state index in [1.54, 1.807) is 48.3 Å². The summed E-state index contributed by atoms with van der Waals surface area (Å²) in [5.74, 6) is -0.766. The number of carbonyl (C=O) groups is 2.